The van der Waals surface area contributed by atoms with Crippen LogP contribution in [0, 0.1) is 5.82 Å². The molecule has 138 valence electrons. The Morgan fingerprint density at radius 1 is 1.22 bits per heavy atom. The average Bonchev–Trinajstić information content (AvgIpc) is 3.23. The SMILES string of the molecule is COc1ccc(F)cc1S(=O)(=O)Nc1cccc(-c2cn3ccsc3n2)c1. The first kappa shape index (κ1) is 17.5. The molecule has 6 nitrogen and oxygen atoms in total. The third-order valence-corrected chi connectivity index (χ3v) is 6.09. The number of halogens is 1. The lowest BCUT2D eigenvalue weighted by molar-refractivity contribution is 0.401. The number of nitrogens with zero attached hydrogens (tertiary/aromatic N) is 2. The Morgan fingerprint density at radius 3 is 2.85 bits per heavy atom. The minimum Gasteiger partial charge on any atom is -0.495 e. The van der Waals surface area contributed by atoms with E-state index in [0.29, 0.717) is 5.69 Å². The molecule has 0 saturated heterocycles. The van der Waals surface area contributed by atoms with Crippen LogP contribution < -0.4 is 9.46 Å². The Morgan fingerprint density at radius 2 is 2.07 bits per heavy atom. The number of hydrogen-bond donors (Lipinski definition) is 1. The number of ether oxygens (including phenoxy) is 1. The van der Waals surface area contributed by atoms with Gasteiger partial charge in [-0.05, 0) is 30.3 Å². The van der Waals surface area contributed by atoms with Gasteiger partial charge in [-0.3, -0.25) is 9.12 Å². The number of anilines is 1. The molecule has 0 atom stereocenters. The topological polar surface area (TPSA) is 72.7 Å². The van der Waals surface area contributed by atoms with Gasteiger partial charge in [0, 0.05) is 29.0 Å². The molecular weight excluding hydrogens is 389 g/mol. The molecular formula is C18H14FN3O3S2. The van der Waals surface area contributed by atoms with Gasteiger partial charge in [0.2, 0.25) is 0 Å². The number of fused-ring (bicyclic) bond motifs is 1. The number of rotatable bonds is 5. The van der Waals surface area contributed by atoms with Crippen molar-refractivity contribution in [1.29, 1.82) is 0 Å². The summed E-state index contributed by atoms with van der Waals surface area (Å²) in [6.07, 6.45) is 3.77. The minimum absolute atomic E-state index is 0.0643. The number of methoxy groups -OCH3 is 1. The quantitative estimate of drug-likeness (QED) is 0.546. The first-order valence-electron chi connectivity index (χ1n) is 7.85. The molecule has 4 aromatic rings. The van der Waals surface area contributed by atoms with E-state index in [4.69, 9.17) is 4.74 Å². The van der Waals surface area contributed by atoms with Crippen molar-refractivity contribution in [3.8, 4) is 17.0 Å². The van der Waals surface area contributed by atoms with Crippen molar-refractivity contribution in [3.63, 3.8) is 0 Å². The van der Waals surface area contributed by atoms with Gasteiger partial charge in [-0.2, -0.15) is 0 Å². The fraction of sp³-hybridized carbons (Fsp3) is 0.0556. The van der Waals surface area contributed by atoms with Crippen LogP contribution in [0.15, 0.2) is 65.1 Å². The highest BCUT2D eigenvalue weighted by molar-refractivity contribution is 7.92. The fourth-order valence-corrected chi connectivity index (χ4v) is 4.61. The highest BCUT2D eigenvalue weighted by Crippen LogP contribution is 2.28. The standard InChI is InChI=1S/C18H14FN3O3S2/c1-25-16-6-5-13(19)10-17(16)27(23,24)21-14-4-2-3-12(9-14)15-11-22-7-8-26-18(22)20-15/h2-11,21H,1H3. The molecule has 0 aliphatic carbocycles. The number of hydrogen-bond acceptors (Lipinski definition) is 5. The molecule has 0 bridgehead atoms. The van der Waals surface area contributed by atoms with Gasteiger partial charge in [-0.1, -0.05) is 12.1 Å². The molecule has 9 heteroatoms. The smallest absolute Gasteiger partial charge is 0.265 e. The zero-order chi connectivity index (χ0) is 19.0. The molecule has 2 heterocycles. The molecule has 27 heavy (non-hydrogen) atoms. The van der Waals surface area contributed by atoms with Crippen molar-refractivity contribution in [2.75, 3.05) is 11.8 Å². The van der Waals surface area contributed by atoms with E-state index >= 15 is 0 Å². The largest absolute Gasteiger partial charge is 0.495 e. The summed E-state index contributed by atoms with van der Waals surface area (Å²) < 4.78 is 48.4. The van der Waals surface area contributed by atoms with E-state index in [2.05, 4.69) is 9.71 Å². The summed E-state index contributed by atoms with van der Waals surface area (Å²) in [5.41, 5.74) is 1.83. The minimum atomic E-state index is -4.03. The van der Waals surface area contributed by atoms with E-state index in [9.17, 15) is 12.8 Å². The fourth-order valence-electron chi connectivity index (χ4n) is 2.68. The predicted molar refractivity (Wildman–Crippen MR) is 102 cm³/mol. The normalized spacial score (nSPS) is 11.6. The van der Waals surface area contributed by atoms with Gasteiger partial charge in [-0.15, -0.1) is 11.3 Å². The maximum atomic E-state index is 13.6. The van der Waals surface area contributed by atoms with Crippen molar-refractivity contribution in [1.82, 2.24) is 9.38 Å². The summed E-state index contributed by atoms with van der Waals surface area (Å²) >= 11 is 1.51. The molecule has 0 unspecified atom stereocenters. The molecule has 0 aliphatic rings. The number of thiazole rings is 1. The summed E-state index contributed by atoms with van der Waals surface area (Å²) in [7, 11) is -2.70. The highest BCUT2D eigenvalue weighted by atomic mass is 32.2. The molecule has 4 rings (SSSR count). The van der Waals surface area contributed by atoms with E-state index in [1.54, 1.807) is 18.2 Å². The van der Waals surface area contributed by atoms with Gasteiger partial charge in [0.15, 0.2) is 4.96 Å². The number of sulfonamides is 1. The monoisotopic (exact) mass is 403 g/mol. The van der Waals surface area contributed by atoms with E-state index in [0.717, 1.165) is 28.4 Å². The number of aromatic nitrogens is 2. The first-order chi connectivity index (χ1) is 13.0. The first-order valence-corrected chi connectivity index (χ1v) is 10.2. The Kier molecular flexibility index (Phi) is 4.33. The summed E-state index contributed by atoms with van der Waals surface area (Å²) in [6.45, 7) is 0. The average molecular weight is 403 g/mol. The van der Waals surface area contributed by atoms with Crippen molar-refractivity contribution in [2.24, 2.45) is 0 Å². The van der Waals surface area contributed by atoms with Crippen LogP contribution >= 0.6 is 11.3 Å². The van der Waals surface area contributed by atoms with Gasteiger partial charge in [-0.25, -0.2) is 17.8 Å². The molecule has 2 aromatic carbocycles. The van der Waals surface area contributed by atoms with Crippen LogP contribution in [0.3, 0.4) is 0 Å². The van der Waals surface area contributed by atoms with Crippen molar-refractivity contribution in [3.05, 3.63) is 66.1 Å². The molecule has 1 N–H and O–H groups in total. The number of nitrogens with one attached hydrogen (secondary N) is 1. The van der Waals surface area contributed by atoms with Gasteiger partial charge in [0.1, 0.15) is 16.5 Å². The van der Waals surface area contributed by atoms with Gasteiger partial charge < -0.3 is 4.74 Å². The Bertz CT molecular complexity index is 1200. The zero-order valence-corrected chi connectivity index (χ0v) is 15.7. The molecule has 0 radical (unpaired) electrons. The van der Waals surface area contributed by atoms with E-state index in [1.807, 2.05) is 28.2 Å². The lowest BCUT2D eigenvalue weighted by Gasteiger charge is -2.12. The van der Waals surface area contributed by atoms with Crippen LogP contribution in [0.4, 0.5) is 10.1 Å². The predicted octanol–water partition coefficient (Wildman–Crippen LogP) is 4.01. The number of benzene rings is 2. The second-order valence-electron chi connectivity index (χ2n) is 5.70. The Hall–Kier alpha value is -2.91. The van der Waals surface area contributed by atoms with E-state index in [1.165, 1.54) is 24.5 Å². The van der Waals surface area contributed by atoms with E-state index < -0.39 is 15.8 Å². The van der Waals surface area contributed by atoms with Gasteiger partial charge in [0.25, 0.3) is 10.0 Å². The molecule has 2 aromatic heterocycles. The molecule has 0 fully saturated rings. The van der Waals surface area contributed by atoms with Gasteiger partial charge >= 0.3 is 0 Å². The van der Waals surface area contributed by atoms with Crippen LogP contribution in [-0.4, -0.2) is 24.9 Å². The third kappa shape index (κ3) is 3.38. The molecule has 0 amide bonds. The molecule has 0 aliphatic heterocycles. The highest BCUT2D eigenvalue weighted by Gasteiger charge is 2.21. The van der Waals surface area contributed by atoms with Crippen molar-refractivity contribution in [2.45, 2.75) is 4.90 Å². The van der Waals surface area contributed by atoms with Crippen LogP contribution in [0.5, 0.6) is 5.75 Å². The summed E-state index contributed by atoms with van der Waals surface area (Å²) in [5.74, 6) is -0.600. The summed E-state index contributed by atoms with van der Waals surface area (Å²) in [6, 6.07) is 10.2. The van der Waals surface area contributed by atoms with Crippen LogP contribution in [0.25, 0.3) is 16.2 Å². The second-order valence-corrected chi connectivity index (χ2v) is 8.22. The lowest BCUT2D eigenvalue weighted by atomic mass is 10.1. The van der Waals surface area contributed by atoms with E-state index in [-0.39, 0.29) is 10.6 Å². The van der Waals surface area contributed by atoms with Crippen LogP contribution in [0.2, 0.25) is 0 Å². The molecule has 0 spiro atoms. The second kappa shape index (κ2) is 6.67. The molecule has 0 saturated carbocycles. The lowest BCUT2D eigenvalue weighted by Crippen LogP contribution is -2.14. The van der Waals surface area contributed by atoms with Crippen molar-refractivity contribution < 1.29 is 17.5 Å². The number of imidazole rings is 1. The zero-order valence-electron chi connectivity index (χ0n) is 14.1. The maximum absolute atomic E-state index is 13.6. The Balaban J connectivity index is 1.68. The van der Waals surface area contributed by atoms with Crippen molar-refractivity contribution >= 4 is 32.0 Å². The summed E-state index contributed by atoms with van der Waals surface area (Å²) in [5, 5.41) is 1.93. The maximum Gasteiger partial charge on any atom is 0.265 e. The third-order valence-electron chi connectivity index (χ3n) is 3.92. The van der Waals surface area contributed by atoms with Crippen LogP contribution in [-0.2, 0) is 10.0 Å². The van der Waals surface area contributed by atoms with Crippen LogP contribution in [0.1, 0.15) is 0 Å². The summed E-state index contributed by atoms with van der Waals surface area (Å²) in [4.78, 5) is 5.09. The Labute approximate surface area is 158 Å². The van der Waals surface area contributed by atoms with Gasteiger partial charge in [0.05, 0.1) is 12.8 Å².